The van der Waals surface area contributed by atoms with Crippen LogP contribution in [-0.4, -0.2) is 37.2 Å². The molecule has 0 amide bonds. The van der Waals surface area contributed by atoms with Gasteiger partial charge in [0.2, 0.25) is 0 Å². The van der Waals surface area contributed by atoms with Crippen LogP contribution in [0, 0.1) is 0 Å². The van der Waals surface area contributed by atoms with E-state index in [1.165, 1.54) is 212 Å². The molecule has 0 bridgehead atoms. The molecular formula is C70H126O6. The fraction of sp³-hybridized carbons (Fsp3) is 0.814. The van der Waals surface area contributed by atoms with Crippen LogP contribution in [0.5, 0.6) is 0 Å². The highest BCUT2D eigenvalue weighted by atomic mass is 16.6. The molecule has 0 aliphatic rings. The van der Waals surface area contributed by atoms with E-state index in [4.69, 9.17) is 14.2 Å². The van der Waals surface area contributed by atoms with Crippen molar-refractivity contribution in [2.45, 2.75) is 354 Å². The second kappa shape index (κ2) is 64.6. The van der Waals surface area contributed by atoms with Gasteiger partial charge in [-0.3, -0.25) is 14.4 Å². The topological polar surface area (TPSA) is 78.9 Å². The summed E-state index contributed by atoms with van der Waals surface area (Å²) in [6, 6.07) is 0. The quantitative estimate of drug-likeness (QED) is 0.0261. The Morgan fingerprint density at radius 2 is 0.474 bits per heavy atom. The minimum Gasteiger partial charge on any atom is -0.462 e. The molecule has 0 aliphatic carbocycles. The Labute approximate surface area is 472 Å². The molecular weight excluding hydrogens is 937 g/mol. The minimum absolute atomic E-state index is 0.0755. The van der Waals surface area contributed by atoms with Crippen LogP contribution in [0.2, 0.25) is 0 Å². The van der Waals surface area contributed by atoms with Crippen molar-refractivity contribution in [3.8, 4) is 0 Å². The van der Waals surface area contributed by atoms with Gasteiger partial charge >= 0.3 is 17.9 Å². The molecule has 0 fully saturated rings. The Bertz CT molecular complexity index is 1360. The summed E-state index contributed by atoms with van der Waals surface area (Å²) >= 11 is 0. The average Bonchev–Trinajstić information content (AvgIpc) is 3.42. The summed E-state index contributed by atoms with van der Waals surface area (Å²) in [5.41, 5.74) is 0. The maximum atomic E-state index is 12.9. The van der Waals surface area contributed by atoms with Crippen molar-refractivity contribution in [2.24, 2.45) is 0 Å². The van der Waals surface area contributed by atoms with Crippen molar-refractivity contribution in [2.75, 3.05) is 13.2 Å². The molecule has 0 aliphatic heterocycles. The van der Waals surface area contributed by atoms with Gasteiger partial charge in [0.05, 0.1) is 0 Å². The summed E-state index contributed by atoms with van der Waals surface area (Å²) in [4.78, 5) is 38.2. The van der Waals surface area contributed by atoms with Crippen molar-refractivity contribution in [3.63, 3.8) is 0 Å². The lowest BCUT2D eigenvalue weighted by atomic mass is 10.0. The highest BCUT2D eigenvalue weighted by molar-refractivity contribution is 5.71. The van der Waals surface area contributed by atoms with E-state index in [1.807, 2.05) is 0 Å². The first-order valence-electron chi connectivity index (χ1n) is 33.3. The highest BCUT2D eigenvalue weighted by Gasteiger charge is 2.19. The molecule has 0 radical (unpaired) electrons. The van der Waals surface area contributed by atoms with Crippen LogP contribution < -0.4 is 0 Å². The predicted molar refractivity (Wildman–Crippen MR) is 330 cm³/mol. The fourth-order valence-corrected chi connectivity index (χ4v) is 9.72. The first kappa shape index (κ1) is 73.1. The third-order valence-corrected chi connectivity index (χ3v) is 14.7. The minimum atomic E-state index is -0.778. The summed E-state index contributed by atoms with van der Waals surface area (Å²) in [5.74, 6) is -0.874. The molecule has 0 rings (SSSR count). The number of carbonyl (C=O) groups excluding carboxylic acids is 3. The number of unbranched alkanes of at least 4 members (excludes halogenated alkanes) is 40. The van der Waals surface area contributed by atoms with Gasteiger partial charge in [-0.1, -0.05) is 300 Å². The average molecular weight is 1060 g/mol. The summed E-state index contributed by atoms with van der Waals surface area (Å²) in [5, 5.41) is 0. The van der Waals surface area contributed by atoms with E-state index < -0.39 is 6.10 Å². The van der Waals surface area contributed by atoms with E-state index in [9.17, 15) is 14.4 Å². The largest absolute Gasteiger partial charge is 0.462 e. The van der Waals surface area contributed by atoms with Crippen molar-refractivity contribution in [1.29, 1.82) is 0 Å². The predicted octanol–water partition coefficient (Wildman–Crippen LogP) is 22.7. The number of hydrogen-bond donors (Lipinski definition) is 0. The van der Waals surface area contributed by atoms with Gasteiger partial charge in [0.25, 0.3) is 0 Å². The lowest BCUT2D eigenvalue weighted by Crippen LogP contribution is -2.30. The third kappa shape index (κ3) is 62.0. The van der Waals surface area contributed by atoms with Crippen LogP contribution in [0.1, 0.15) is 348 Å². The second-order valence-corrected chi connectivity index (χ2v) is 22.4. The zero-order valence-corrected chi connectivity index (χ0v) is 50.8. The van der Waals surface area contributed by atoms with E-state index in [1.54, 1.807) is 0 Å². The maximum absolute atomic E-state index is 12.9. The van der Waals surface area contributed by atoms with E-state index in [0.717, 1.165) is 96.3 Å². The van der Waals surface area contributed by atoms with Gasteiger partial charge in [-0.2, -0.15) is 0 Å². The van der Waals surface area contributed by atoms with Crippen molar-refractivity contribution < 1.29 is 28.6 Å². The van der Waals surface area contributed by atoms with Crippen LogP contribution in [0.4, 0.5) is 0 Å². The van der Waals surface area contributed by atoms with E-state index >= 15 is 0 Å². The number of rotatable bonds is 61. The molecule has 1 unspecified atom stereocenters. The van der Waals surface area contributed by atoms with E-state index in [-0.39, 0.29) is 31.1 Å². The zero-order chi connectivity index (χ0) is 55.0. The Balaban J connectivity index is 4.07. The van der Waals surface area contributed by atoms with Crippen LogP contribution in [-0.2, 0) is 28.6 Å². The molecule has 0 spiro atoms. The van der Waals surface area contributed by atoms with Gasteiger partial charge in [-0.05, 0) is 89.9 Å². The van der Waals surface area contributed by atoms with Crippen LogP contribution >= 0.6 is 0 Å². The van der Waals surface area contributed by atoms with Gasteiger partial charge in [0, 0.05) is 19.3 Å². The Morgan fingerprint density at radius 1 is 0.263 bits per heavy atom. The van der Waals surface area contributed by atoms with E-state index in [2.05, 4.69) is 81.5 Å². The normalized spacial score (nSPS) is 12.4. The summed E-state index contributed by atoms with van der Waals surface area (Å²) < 4.78 is 16.9. The molecule has 6 nitrogen and oxygen atoms in total. The zero-order valence-electron chi connectivity index (χ0n) is 50.8. The van der Waals surface area contributed by atoms with Gasteiger partial charge in [0.1, 0.15) is 13.2 Å². The van der Waals surface area contributed by atoms with Gasteiger partial charge in [0.15, 0.2) is 6.10 Å². The van der Waals surface area contributed by atoms with Crippen molar-refractivity contribution in [1.82, 2.24) is 0 Å². The molecule has 0 N–H and O–H groups in total. The molecule has 0 aromatic carbocycles. The molecule has 0 heterocycles. The smallest absolute Gasteiger partial charge is 0.306 e. The molecule has 442 valence electrons. The second-order valence-electron chi connectivity index (χ2n) is 22.4. The third-order valence-electron chi connectivity index (χ3n) is 14.7. The molecule has 0 saturated carbocycles. The van der Waals surface area contributed by atoms with Gasteiger partial charge < -0.3 is 14.2 Å². The van der Waals surface area contributed by atoms with Crippen LogP contribution in [0.25, 0.3) is 0 Å². The molecule has 0 aromatic heterocycles. The lowest BCUT2D eigenvalue weighted by Gasteiger charge is -2.18. The number of ether oxygens (including phenoxy) is 3. The molecule has 0 aromatic rings. The van der Waals surface area contributed by atoms with Crippen LogP contribution in [0.15, 0.2) is 60.8 Å². The van der Waals surface area contributed by atoms with Crippen molar-refractivity contribution >= 4 is 17.9 Å². The van der Waals surface area contributed by atoms with E-state index in [0.29, 0.717) is 19.3 Å². The van der Waals surface area contributed by atoms with Gasteiger partial charge in [-0.15, -0.1) is 0 Å². The SMILES string of the molecule is CCCCC/C=C\C/C=C\CCCCCCCC(=O)OC(COC(=O)CCCCCCCCCCCC)COC(=O)CCCCCCCCCCCCCCCCCCCC/C=C\C/C=C\C/C=C\CCCCCCC. The number of carbonyl (C=O) groups is 3. The maximum Gasteiger partial charge on any atom is 0.306 e. The molecule has 1 atom stereocenters. The summed E-state index contributed by atoms with van der Waals surface area (Å²) in [6.45, 7) is 6.62. The number of hydrogen-bond acceptors (Lipinski definition) is 6. The standard InChI is InChI=1S/C70H126O6/c1-4-7-10-13-16-19-22-24-26-27-28-29-30-31-32-33-34-35-36-37-38-39-40-41-42-43-45-46-48-51-54-57-60-63-69(72)75-66-67(65-74-68(71)62-59-56-53-50-21-18-15-12-9-6-3)76-70(73)64-61-58-55-52-49-47-44-25-23-20-17-14-11-8-5-2/h17,20,22,24-25,27-28,30-31,44,67H,4-16,18-19,21,23,26,29,32-43,45-66H2,1-3H3/b20-17-,24-22-,28-27-,31-30-,44-25-. The highest BCUT2D eigenvalue weighted by Crippen LogP contribution is 2.17. The first-order valence-corrected chi connectivity index (χ1v) is 33.3. The van der Waals surface area contributed by atoms with Crippen LogP contribution in [0.3, 0.4) is 0 Å². The van der Waals surface area contributed by atoms with Gasteiger partial charge in [-0.25, -0.2) is 0 Å². The van der Waals surface area contributed by atoms with Crippen molar-refractivity contribution in [3.05, 3.63) is 60.8 Å². The summed E-state index contributed by atoms with van der Waals surface area (Å²) in [6.07, 6.45) is 82.5. The lowest BCUT2D eigenvalue weighted by molar-refractivity contribution is -0.167. The number of allylic oxidation sites excluding steroid dienone is 10. The molecule has 76 heavy (non-hydrogen) atoms. The molecule has 0 saturated heterocycles. The monoisotopic (exact) mass is 1060 g/mol. The Kier molecular flexibility index (Phi) is 62.2. The fourth-order valence-electron chi connectivity index (χ4n) is 9.72. The Hall–Kier alpha value is -2.89. The Morgan fingerprint density at radius 3 is 0.763 bits per heavy atom. The molecule has 6 heteroatoms. The number of esters is 3. The summed E-state index contributed by atoms with van der Waals surface area (Å²) in [7, 11) is 0. The first-order chi connectivity index (χ1) is 37.5.